The number of β-amino-alcohol motifs (C(OH)–C–C–N with tert-alkyl or cyclic N) is 1. The van der Waals surface area contributed by atoms with E-state index in [1.165, 1.54) is 18.6 Å². The van der Waals surface area contributed by atoms with Gasteiger partial charge in [0.2, 0.25) is 0 Å². The SMILES string of the molecule is O=C(NC1CCN(Cc2ccc3c(c2)OCCO3)CC1O)c1cnccn1. The lowest BCUT2D eigenvalue weighted by molar-refractivity contribution is 0.0348. The molecule has 2 N–H and O–H groups in total. The average molecular weight is 370 g/mol. The van der Waals surface area contributed by atoms with Gasteiger partial charge in [0.1, 0.15) is 18.9 Å². The number of amides is 1. The number of benzene rings is 1. The van der Waals surface area contributed by atoms with Gasteiger partial charge in [-0.2, -0.15) is 0 Å². The van der Waals surface area contributed by atoms with E-state index < -0.39 is 6.10 Å². The van der Waals surface area contributed by atoms with Gasteiger partial charge in [0, 0.05) is 32.0 Å². The van der Waals surface area contributed by atoms with Gasteiger partial charge in [-0.25, -0.2) is 4.98 Å². The number of hydrogen-bond acceptors (Lipinski definition) is 7. The van der Waals surface area contributed by atoms with Gasteiger partial charge in [-0.3, -0.25) is 14.7 Å². The van der Waals surface area contributed by atoms with Crippen molar-refractivity contribution in [2.24, 2.45) is 0 Å². The summed E-state index contributed by atoms with van der Waals surface area (Å²) < 4.78 is 11.2. The number of aliphatic hydroxyl groups excluding tert-OH is 1. The van der Waals surface area contributed by atoms with Crippen molar-refractivity contribution in [1.29, 1.82) is 0 Å². The van der Waals surface area contributed by atoms with Gasteiger partial charge in [-0.15, -0.1) is 0 Å². The number of fused-ring (bicyclic) bond motifs is 1. The molecule has 1 amide bonds. The summed E-state index contributed by atoms with van der Waals surface area (Å²) in [5.41, 5.74) is 1.36. The first kappa shape index (κ1) is 17.7. The van der Waals surface area contributed by atoms with E-state index in [1.807, 2.05) is 18.2 Å². The minimum atomic E-state index is -0.642. The maximum absolute atomic E-state index is 12.2. The second kappa shape index (κ2) is 7.89. The molecule has 0 saturated carbocycles. The Morgan fingerprint density at radius 2 is 2.11 bits per heavy atom. The molecule has 2 atom stereocenters. The number of carbonyl (C=O) groups is 1. The Hall–Kier alpha value is -2.71. The van der Waals surface area contributed by atoms with Crippen LogP contribution in [0.1, 0.15) is 22.5 Å². The average Bonchev–Trinajstić information content (AvgIpc) is 2.70. The molecule has 8 nitrogen and oxygen atoms in total. The molecule has 1 fully saturated rings. The number of nitrogens with zero attached hydrogens (tertiary/aromatic N) is 3. The third-order valence-electron chi connectivity index (χ3n) is 4.79. The summed E-state index contributed by atoms with van der Waals surface area (Å²) in [5.74, 6) is 1.23. The quantitative estimate of drug-likeness (QED) is 0.814. The number of hydrogen-bond donors (Lipinski definition) is 2. The van der Waals surface area contributed by atoms with Crippen LogP contribution in [0, 0.1) is 0 Å². The maximum Gasteiger partial charge on any atom is 0.271 e. The highest BCUT2D eigenvalue weighted by Crippen LogP contribution is 2.31. The molecule has 3 heterocycles. The number of ether oxygens (including phenoxy) is 2. The summed E-state index contributed by atoms with van der Waals surface area (Å²) in [6, 6.07) is 5.63. The van der Waals surface area contributed by atoms with E-state index in [9.17, 15) is 9.90 Å². The van der Waals surface area contributed by atoms with Crippen molar-refractivity contribution in [1.82, 2.24) is 20.2 Å². The van der Waals surface area contributed by atoms with Gasteiger partial charge in [-0.1, -0.05) is 6.07 Å². The maximum atomic E-state index is 12.2. The summed E-state index contributed by atoms with van der Waals surface area (Å²) in [7, 11) is 0. The van der Waals surface area contributed by atoms with Crippen LogP contribution in [0.25, 0.3) is 0 Å². The van der Waals surface area contributed by atoms with Crippen molar-refractivity contribution in [3.05, 3.63) is 48.0 Å². The Morgan fingerprint density at radius 1 is 1.26 bits per heavy atom. The van der Waals surface area contributed by atoms with Crippen molar-refractivity contribution >= 4 is 5.91 Å². The predicted octanol–water partition coefficient (Wildman–Crippen LogP) is 0.613. The number of rotatable bonds is 4. The van der Waals surface area contributed by atoms with Crippen LogP contribution in [0.15, 0.2) is 36.8 Å². The van der Waals surface area contributed by atoms with E-state index in [-0.39, 0.29) is 17.6 Å². The minimum absolute atomic E-state index is 0.253. The third kappa shape index (κ3) is 4.17. The molecular formula is C19H22N4O4. The summed E-state index contributed by atoms with van der Waals surface area (Å²) >= 11 is 0. The lowest BCUT2D eigenvalue weighted by Gasteiger charge is -2.36. The van der Waals surface area contributed by atoms with E-state index in [2.05, 4.69) is 20.2 Å². The van der Waals surface area contributed by atoms with Crippen LogP contribution < -0.4 is 14.8 Å². The Morgan fingerprint density at radius 3 is 2.89 bits per heavy atom. The molecule has 4 rings (SSSR count). The van der Waals surface area contributed by atoms with Crippen LogP contribution in [-0.2, 0) is 6.54 Å². The monoisotopic (exact) mass is 370 g/mol. The Bertz CT molecular complexity index is 802. The second-order valence-electron chi connectivity index (χ2n) is 6.74. The summed E-state index contributed by atoms with van der Waals surface area (Å²) in [6.07, 6.45) is 4.43. The lowest BCUT2D eigenvalue weighted by Crippen LogP contribution is -2.53. The molecule has 2 aliphatic heterocycles. The largest absolute Gasteiger partial charge is 0.486 e. The molecule has 2 unspecified atom stereocenters. The highest BCUT2D eigenvalue weighted by atomic mass is 16.6. The molecule has 1 aromatic carbocycles. The molecule has 1 saturated heterocycles. The zero-order chi connectivity index (χ0) is 18.6. The van der Waals surface area contributed by atoms with E-state index in [0.717, 1.165) is 23.6 Å². The van der Waals surface area contributed by atoms with Gasteiger partial charge >= 0.3 is 0 Å². The number of aliphatic hydroxyl groups is 1. The zero-order valence-electron chi connectivity index (χ0n) is 14.9. The topological polar surface area (TPSA) is 96.8 Å². The zero-order valence-corrected chi connectivity index (χ0v) is 14.9. The molecule has 2 aliphatic rings. The molecular weight excluding hydrogens is 348 g/mol. The molecule has 0 spiro atoms. The summed E-state index contributed by atoms with van der Waals surface area (Å²) in [5, 5.41) is 13.3. The van der Waals surface area contributed by atoms with E-state index in [4.69, 9.17) is 9.47 Å². The first-order valence-corrected chi connectivity index (χ1v) is 9.05. The van der Waals surface area contributed by atoms with Crippen molar-refractivity contribution in [2.75, 3.05) is 26.3 Å². The fraction of sp³-hybridized carbons (Fsp3) is 0.421. The molecule has 0 bridgehead atoms. The first-order valence-electron chi connectivity index (χ1n) is 9.05. The minimum Gasteiger partial charge on any atom is -0.486 e. The Balaban J connectivity index is 1.33. The molecule has 142 valence electrons. The number of nitrogens with one attached hydrogen (secondary N) is 1. The lowest BCUT2D eigenvalue weighted by atomic mass is 10.0. The van der Waals surface area contributed by atoms with Gasteiger partial charge in [0.05, 0.1) is 18.3 Å². The number of piperidine rings is 1. The molecule has 0 aliphatic carbocycles. The predicted molar refractivity (Wildman–Crippen MR) is 96.6 cm³/mol. The first-order chi connectivity index (χ1) is 13.2. The molecule has 8 heteroatoms. The van der Waals surface area contributed by atoms with Crippen LogP contribution in [0.5, 0.6) is 11.5 Å². The standard InChI is InChI=1S/C19H22N4O4/c24-16-12-23(11-13-1-2-17-18(9-13)27-8-7-26-17)6-3-14(16)22-19(25)15-10-20-4-5-21-15/h1-2,4-5,9-10,14,16,24H,3,6-8,11-12H2,(H,22,25). The summed E-state index contributed by atoms with van der Waals surface area (Å²) in [4.78, 5) is 22.3. The van der Waals surface area contributed by atoms with Gasteiger partial charge in [-0.05, 0) is 24.1 Å². The van der Waals surface area contributed by atoms with Crippen molar-refractivity contribution < 1.29 is 19.4 Å². The fourth-order valence-electron chi connectivity index (χ4n) is 3.41. The molecule has 2 aromatic rings. The van der Waals surface area contributed by atoms with Crippen molar-refractivity contribution in [3.8, 4) is 11.5 Å². The highest BCUT2D eigenvalue weighted by molar-refractivity contribution is 5.92. The van der Waals surface area contributed by atoms with Gasteiger partial charge < -0.3 is 19.9 Å². The number of likely N-dealkylation sites (tertiary alicyclic amines) is 1. The van der Waals surface area contributed by atoms with Crippen LogP contribution in [-0.4, -0.2) is 64.3 Å². The van der Waals surface area contributed by atoms with Crippen LogP contribution in [0.3, 0.4) is 0 Å². The number of aromatic nitrogens is 2. The smallest absolute Gasteiger partial charge is 0.271 e. The second-order valence-corrected chi connectivity index (χ2v) is 6.74. The van der Waals surface area contributed by atoms with Crippen LogP contribution in [0.4, 0.5) is 0 Å². The third-order valence-corrected chi connectivity index (χ3v) is 4.79. The van der Waals surface area contributed by atoms with E-state index >= 15 is 0 Å². The van der Waals surface area contributed by atoms with Gasteiger partial charge in [0.15, 0.2) is 11.5 Å². The molecule has 1 aromatic heterocycles. The van der Waals surface area contributed by atoms with E-state index in [0.29, 0.717) is 32.7 Å². The summed E-state index contributed by atoms with van der Waals surface area (Å²) in [6.45, 7) is 3.10. The highest BCUT2D eigenvalue weighted by Gasteiger charge is 2.29. The Kier molecular flexibility index (Phi) is 5.17. The molecule has 27 heavy (non-hydrogen) atoms. The Labute approximate surface area is 157 Å². The van der Waals surface area contributed by atoms with E-state index in [1.54, 1.807) is 0 Å². The van der Waals surface area contributed by atoms with Gasteiger partial charge in [0.25, 0.3) is 5.91 Å². The molecule has 0 radical (unpaired) electrons. The normalized spacial score (nSPS) is 22.3. The fourth-order valence-corrected chi connectivity index (χ4v) is 3.41. The van der Waals surface area contributed by atoms with Crippen molar-refractivity contribution in [2.45, 2.75) is 25.1 Å². The van der Waals surface area contributed by atoms with Crippen LogP contribution in [0.2, 0.25) is 0 Å². The number of carbonyl (C=O) groups excluding carboxylic acids is 1. The van der Waals surface area contributed by atoms with Crippen molar-refractivity contribution in [3.63, 3.8) is 0 Å². The van der Waals surface area contributed by atoms with Crippen LogP contribution >= 0.6 is 0 Å².